The number of aryl methyl sites for hydroxylation is 2. The van der Waals surface area contributed by atoms with E-state index >= 15 is 0 Å². The number of amides is 1. The quantitative estimate of drug-likeness (QED) is 0.900. The topological polar surface area (TPSA) is 32.3 Å². The third kappa shape index (κ3) is 4.93. The second kappa shape index (κ2) is 8.30. The molecule has 3 rings (SSSR count). The van der Waals surface area contributed by atoms with Gasteiger partial charge in [0.1, 0.15) is 0 Å². The summed E-state index contributed by atoms with van der Waals surface area (Å²) >= 11 is 0. The second-order valence-electron chi connectivity index (χ2n) is 7.18. The van der Waals surface area contributed by atoms with Crippen molar-refractivity contribution in [2.45, 2.75) is 39.8 Å². The molecule has 0 unspecified atom stereocenters. The van der Waals surface area contributed by atoms with E-state index in [0.29, 0.717) is 6.54 Å². The lowest BCUT2D eigenvalue weighted by molar-refractivity contribution is -0.126. The number of carbonyl (C=O) groups excluding carboxylic acids is 1. The van der Waals surface area contributed by atoms with Crippen LogP contribution >= 0.6 is 0 Å². The highest BCUT2D eigenvalue weighted by atomic mass is 16.1. The Hall–Kier alpha value is -2.13. The molecule has 3 nitrogen and oxygen atoms in total. The van der Waals surface area contributed by atoms with Crippen LogP contribution in [0.4, 0.5) is 0 Å². The number of hydrogen-bond acceptors (Lipinski definition) is 2. The molecule has 0 aliphatic carbocycles. The number of carbonyl (C=O) groups is 1. The fourth-order valence-corrected chi connectivity index (χ4v) is 3.49. The Bertz CT molecular complexity index is 703. The first-order valence-electron chi connectivity index (χ1n) is 9.22. The molecule has 1 aliphatic heterocycles. The van der Waals surface area contributed by atoms with Gasteiger partial charge in [-0.25, -0.2) is 0 Å². The van der Waals surface area contributed by atoms with Crippen LogP contribution in [0.25, 0.3) is 0 Å². The summed E-state index contributed by atoms with van der Waals surface area (Å²) in [6.07, 6.45) is 1.90. The Morgan fingerprint density at radius 2 is 1.80 bits per heavy atom. The van der Waals surface area contributed by atoms with Crippen molar-refractivity contribution in [3.63, 3.8) is 0 Å². The average Bonchev–Trinajstić information content (AvgIpc) is 2.64. The predicted octanol–water partition coefficient (Wildman–Crippen LogP) is 3.83. The zero-order valence-electron chi connectivity index (χ0n) is 15.3. The van der Waals surface area contributed by atoms with Gasteiger partial charge >= 0.3 is 0 Å². The van der Waals surface area contributed by atoms with Crippen LogP contribution in [0.3, 0.4) is 0 Å². The first kappa shape index (κ1) is 17.7. The fourth-order valence-electron chi connectivity index (χ4n) is 3.49. The van der Waals surface area contributed by atoms with Crippen LogP contribution in [0.15, 0.2) is 48.5 Å². The number of nitrogens with zero attached hydrogens (tertiary/aromatic N) is 1. The molecule has 132 valence electrons. The molecule has 3 heteroatoms. The number of likely N-dealkylation sites (tertiary alicyclic amines) is 1. The van der Waals surface area contributed by atoms with Gasteiger partial charge in [-0.3, -0.25) is 9.69 Å². The van der Waals surface area contributed by atoms with Crippen molar-refractivity contribution >= 4 is 5.91 Å². The number of rotatable bonds is 5. The summed E-state index contributed by atoms with van der Waals surface area (Å²) in [7, 11) is 0. The van der Waals surface area contributed by atoms with E-state index in [9.17, 15) is 4.79 Å². The van der Waals surface area contributed by atoms with E-state index in [4.69, 9.17) is 0 Å². The third-order valence-corrected chi connectivity index (χ3v) is 5.17. The normalized spacial score (nSPS) is 15.9. The van der Waals surface area contributed by atoms with Crippen LogP contribution in [0.5, 0.6) is 0 Å². The fraction of sp³-hybridized carbons (Fsp3) is 0.409. The molecule has 1 amide bonds. The Morgan fingerprint density at radius 1 is 1.08 bits per heavy atom. The Labute approximate surface area is 151 Å². The predicted molar refractivity (Wildman–Crippen MR) is 102 cm³/mol. The average molecular weight is 336 g/mol. The molecule has 1 N–H and O–H groups in total. The van der Waals surface area contributed by atoms with Gasteiger partial charge in [0.15, 0.2) is 0 Å². The summed E-state index contributed by atoms with van der Waals surface area (Å²) in [4.78, 5) is 14.9. The zero-order valence-corrected chi connectivity index (χ0v) is 15.3. The van der Waals surface area contributed by atoms with E-state index in [1.54, 1.807) is 0 Å². The molecule has 1 heterocycles. The SMILES string of the molecule is Cc1ccc(C)c(CN2CCC(C(=O)NCc3ccccc3)CC2)c1. The van der Waals surface area contributed by atoms with Gasteiger partial charge in [0.25, 0.3) is 0 Å². The molecule has 1 fully saturated rings. The number of nitrogens with one attached hydrogen (secondary N) is 1. The monoisotopic (exact) mass is 336 g/mol. The van der Waals surface area contributed by atoms with Gasteiger partial charge in [0.2, 0.25) is 5.91 Å². The van der Waals surface area contributed by atoms with Crippen molar-refractivity contribution in [1.82, 2.24) is 10.2 Å². The molecule has 0 radical (unpaired) electrons. The highest BCUT2D eigenvalue weighted by Gasteiger charge is 2.24. The van der Waals surface area contributed by atoms with Crippen molar-refractivity contribution in [1.29, 1.82) is 0 Å². The van der Waals surface area contributed by atoms with E-state index < -0.39 is 0 Å². The maximum atomic E-state index is 12.4. The van der Waals surface area contributed by atoms with Crippen LogP contribution in [-0.2, 0) is 17.9 Å². The van der Waals surface area contributed by atoms with Crippen molar-refractivity contribution in [2.75, 3.05) is 13.1 Å². The van der Waals surface area contributed by atoms with Gasteiger partial charge in [0, 0.05) is 19.0 Å². The minimum Gasteiger partial charge on any atom is -0.352 e. The maximum absolute atomic E-state index is 12.4. The highest BCUT2D eigenvalue weighted by Crippen LogP contribution is 2.21. The second-order valence-corrected chi connectivity index (χ2v) is 7.18. The molecule has 0 saturated carbocycles. The van der Waals surface area contributed by atoms with Crippen molar-refractivity contribution < 1.29 is 4.79 Å². The summed E-state index contributed by atoms with van der Waals surface area (Å²) in [5, 5.41) is 3.09. The van der Waals surface area contributed by atoms with Crippen LogP contribution in [0, 0.1) is 19.8 Å². The molecule has 2 aromatic carbocycles. The van der Waals surface area contributed by atoms with E-state index in [1.165, 1.54) is 16.7 Å². The molecular formula is C22H28N2O. The van der Waals surface area contributed by atoms with Crippen LogP contribution in [-0.4, -0.2) is 23.9 Å². The molecule has 0 aromatic heterocycles. The summed E-state index contributed by atoms with van der Waals surface area (Å²) in [5.41, 5.74) is 5.24. The van der Waals surface area contributed by atoms with Gasteiger partial charge < -0.3 is 5.32 Å². The molecule has 0 atom stereocenters. The van der Waals surface area contributed by atoms with Gasteiger partial charge in [-0.15, -0.1) is 0 Å². The Kier molecular flexibility index (Phi) is 5.87. The highest BCUT2D eigenvalue weighted by molar-refractivity contribution is 5.78. The zero-order chi connectivity index (χ0) is 17.6. The lowest BCUT2D eigenvalue weighted by Crippen LogP contribution is -2.40. The van der Waals surface area contributed by atoms with Crippen LogP contribution in [0.2, 0.25) is 0 Å². The van der Waals surface area contributed by atoms with Crippen molar-refractivity contribution in [2.24, 2.45) is 5.92 Å². The largest absolute Gasteiger partial charge is 0.352 e. The smallest absolute Gasteiger partial charge is 0.223 e. The molecule has 1 saturated heterocycles. The molecule has 0 bridgehead atoms. The van der Waals surface area contributed by atoms with Gasteiger partial charge in [0.05, 0.1) is 0 Å². The minimum absolute atomic E-state index is 0.151. The van der Waals surface area contributed by atoms with Crippen LogP contribution < -0.4 is 5.32 Å². The number of piperidine rings is 1. The standard InChI is InChI=1S/C22H28N2O/c1-17-8-9-18(2)21(14-17)16-24-12-10-20(11-13-24)22(25)23-15-19-6-4-3-5-7-19/h3-9,14,20H,10-13,15-16H2,1-2H3,(H,23,25). The van der Waals surface area contributed by atoms with E-state index in [0.717, 1.165) is 38.0 Å². The van der Waals surface area contributed by atoms with E-state index in [1.807, 2.05) is 30.3 Å². The van der Waals surface area contributed by atoms with Crippen LogP contribution in [0.1, 0.15) is 35.1 Å². The summed E-state index contributed by atoms with van der Waals surface area (Å²) in [6.45, 7) is 7.94. The molecule has 1 aliphatic rings. The van der Waals surface area contributed by atoms with Crippen molar-refractivity contribution in [3.8, 4) is 0 Å². The lowest BCUT2D eigenvalue weighted by Gasteiger charge is -2.31. The summed E-state index contributed by atoms with van der Waals surface area (Å²) in [5.74, 6) is 0.355. The third-order valence-electron chi connectivity index (χ3n) is 5.17. The summed E-state index contributed by atoms with van der Waals surface area (Å²) < 4.78 is 0. The number of hydrogen-bond donors (Lipinski definition) is 1. The lowest BCUT2D eigenvalue weighted by atomic mass is 9.95. The van der Waals surface area contributed by atoms with E-state index in [-0.39, 0.29) is 11.8 Å². The molecule has 25 heavy (non-hydrogen) atoms. The van der Waals surface area contributed by atoms with Crippen molar-refractivity contribution in [3.05, 3.63) is 70.8 Å². The Morgan fingerprint density at radius 3 is 2.52 bits per heavy atom. The molecular weight excluding hydrogens is 308 g/mol. The summed E-state index contributed by atoms with van der Waals surface area (Å²) in [6, 6.07) is 16.8. The van der Waals surface area contributed by atoms with Gasteiger partial charge in [-0.05, 0) is 56.5 Å². The molecule has 2 aromatic rings. The first-order chi connectivity index (χ1) is 12.1. The Balaban J connectivity index is 1.46. The van der Waals surface area contributed by atoms with E-state index in [2.05, 4.69) is 42.3 Å². The maximum Gasteiger partial charge on any atom is 0.223 e. The van der Waals surface area contributed by atoms with Gasteiger partial charge in [-0.2, -0.15) is 0 Å². The molecule has 0 spiro atoms. The number of benzene rings is 2. The minimum atomic E-state index is 0.151. The first-order valence-corrected chi connectivity index (χ1v) is 9.22. The van der Waals surface area contributed by atoms with Gasteiger partial charge in [-0.1, -0.05) is 54.1 Å².